The summed E-state index contributed by atoms with van der Waals surface area (Å²) in [5, 5.41) is 11.2. The molecule has 4 rings (SSSR count). The van der Waals surface area contributed by atoms with E-state index in [0.717, 1.165) is 19.9 Å². The predicted molar refractivity (Wildman–Crippen MR) is 121 cm³/mol. The Kier molecular flexibility index (Phi) is 5.95. The van der Waals surface area contributed by atoms with Crippen molar-refractivity contribution in [2.75, 3.05) is 11.1 Å². The number of nitrogens with zero attached hydrogens (tertiary/aromatic N) is 6. The summed E-state index contributed by atoms with van der Waals surface area (Å²) in [6.07, 6.45) is -1.73. The topological polar surface area (TPSA) is 138 Å². The van der Waals surface area contributed by atoms with Crippen molar-refractivity contribution in [2.24, 2.45) is 0 Å². The molecule has 0 saturated carbocycles. The van der Waals surface area contributed by atoms with Crippen LogP contribution >= 0.6 is 0 Å². The number of nitrogens with one attached hydrogen (secondary N) is 1. The Morgan fingerprint density at radius 1 is 1.20 bits per heavy atom. The third-order valence-electron chi connectivity index (χ3n) is 5.54. The minimum absolute atomic E-state index is 0.0299. The number of nitrogens with two attached hydrogens (primary N) is 1. The molecule has 4 aromatic rings. The number of halogens is 3. The van der Waals surface area contributed by atoms with Gasteiger partial charge in [-0.2, -0.15) is 18.3 Å². The number of anilines is 2. The van der Waals surface area contributed by atoms with Crippen LogP contribution in [0, 0.1) is 0 Å². The van der Waals surface area contributed by atoms with Crippen molar-refractivity contribution < 1.29 is 22.5 Å². The Labute approximate surface area is 197 Å². The lowest BCUT2D eigenvalue weighted by molar-refractivity contribution is -0.185. The van der Waals surface area contributed by atoms with E-state index >= 15 is 0 Å². The summed E-state index contributed by atoms with van der Waals surface area (Å²) in [6, 6.07) is 4.49. The highest BCUT2D eigenvalue weighted by atomic mass is 19.4. The van der Waals surface area contributed by atoms with Crippen LogP contribution in [0.3, 0.4) is 0 Å². The normalized spacial score (nSPS) is 12.5. The van der Waals surface area contributed by atoms with Crippen LogP contribution < -0.4 is 11.1 Å². The van der Waals surface area contributed by atoms with Crippen molar-refractivity contribution >= 4 is 28.6 Å². The molecule has 35 heavy (non-hydrogen) atoms. The van der Waals surface area contributed by atoms with E-state index in [2.05, 4.69) is 30.5 Å². The number of hydrogen-bond acceptors (Lipinski definition) is 8. The third-order valence-corrected chi connectivity index (χ3v) is 5.54. The average molecular weight is 488 g/mol. The van der Waals surface area contributed by atoms with Gasteiger partial charge in [-0.1, -0.05) is 11.2 Å². The van der Waals surface area contributed by atoms with Crippen molar-refractivity contribution in [3.8, 4) is 11.4 Å². The lowest BCUT2D eigenvalue weighted by Gasteiger charge is -2.24. The zero-order chi connectivity index (χ0) is 25.5. The minimum Gasteiger partial charge on any atom is -0.383 e. The fourth-order valence-electron chi connectivity index (χ4n) is 3.34. The van der Waals surface area contributed by atoms with Gasteiger partial charge in [0, 0.05) is 18.3 Å². The summed E-state index contributed by atoms with van der Waals surface area (Å²) in [4.78, 5) is 25.1. The van der Waals surface area contributed by atoms with Crippen molar-refractivity contribution in [1.29, 1.82) is 0 Å². The maximum Gasteiger partial charge on any atom is 0.401 e. The van der Waals surface area contributed by atoms with Crippen LogP contribution in [0.4, 0.5) is 24.8 Å². The van der Waals surface area contributed by atoms with Crippen molar-refractivity contribution in [3.63, 3.8) is 0 Å². The molecule has 0 aliphatic heterocycles. The first-order chi connectivity index (χ1) is 16.4. The van der Waals surface area contributed by atoms with E-state index in [1.54, 1.807) is 16.8 Å². The molecular weight excluding hydrogens is 465 g/mol. The van der Waals surface area contributed by atoms with Gasteiger partial charge in [-0.3, -0.25) is 9.78 Å². The first kappa shape index (κ1) is 24.1. The molecule has 0 aliphatic carbocycles. The highest BCUT2D eigenvalue weighted by Gasteiger charge is 2.51. The number of amides is 1. The van der Waals surface area contributed by atoms with Crippen LogP contribution in [0.2, 0.25) is 0 Å². The predicted octanol–water partition coefficient (Wildman–Crippen LogP) is 4.06. The van der Waals surface area contributed by atoms with Crippen LogP contribution in [0.25, 0.3) is 22.4 Å². The molecule has 0 radical (unpaired) electrons. The van der Waals surface area contributed by atoms with Crippen LogP contribution in [0.15, 0.2) is 35.2 Å². The number of aromatic nitrogens is 6. The van der Waals surface area contributed by atoms with Gasteiger partial charge in [0.15, 0.2) is 17.2 Å². The van der Waals surface area contributed by atoms with E-state index < -0.39 is 23.3 Å². The highest BCUT2D eigenvalue weighted by molar-refractivity contribution is 5.97. The summed E-state index contributed by atoms with van der Waals surface area (Å²) in [7, 11) is 0. The standard InChI is InChI=1S/C22H23F3N8O2/c1-11(2)33-20-17(19(26)28-10-29-20)18(31-33)13-6-5-12(9-27-13)7-16(34)30-15-8-14(35-32-15)21(3,4)22(23,24)25/h5-6,8-11H,7H2,1-4H3,(H2,26,28,29)(H,30,32,34). The minimum atomic E-state index is -4.53. The zero-order valence-electron chi connectivity index (χ0n) is 19.4. The fraction of sp³-hybridized carbons (Fsp3) is 0.364. The number of nitrogen functional groups attached to an aromatic ring is 1. The molecule has 184 valence electrons. The van der Waals surface area contributed by atoms with Crippen LogP contribution in [-0.4, -0.2) is 42.0 Å². The van der Waals surface area contributed by atoms with Crippen molar-refractivity contribution in [2.45, 2.75) is 51.7 Å². The second kappa shape index (κ2) is 8.64. The molecule has 4 heterocycles. The number of pyridine rings is 1. The summed E-state index contributed by atoms with van der Waals surface area (Å²) < 4.78 is 46.1. The van der Waals surface area contributed by atoms with E-state index in [9.17, 15) is 18.0 Å². The lowest BCUT2D eigenvalue weighted by Crippen LogP contribution is -2.35. The molecule has 0 fully saturated rings. The summed E-state index contributed by atoms with van der Waals surface area (Å²) in [5.41, 5.74) is 6.03. The quantitative estimate of drug-likeness (QED) is 0.414. The number of carbonyl (C=O) groups is 1. The van der Waals surface area contributed by atoms with Crippen LogP contribution in [0.5, 0.6) is 0 Å². The fourth-order valence-corrected chi connectivity index (χ4v) is 3.34. The SMILES string of the molecule is CC(C)n1nc(-c2ccc(CC(=O)Nc3cc(C(C)(C)C(F)(F)F)on3)cn2)c2c(N)ncnc21. The number of rotatable bonds is 6. The molecule has 13 heteroatoms. The Morgan fingerprint density at radius 3 is 2.57 bits per heavy atom. The largest absolute Gasteiger partial charge is 0.401 e. The van der Waals surface area contributed by atoms with E-state index in [1.807, 2.05) is 13.8 Å². The smallest absolute Gasteiger partial charge is 0.383 e. The summed E-state index contributed by atoms with van der Waals surface area (Å²) in [5.74, 6) is -0.713. The number of carbonyl (C=O) groups excluding carboxylic acids is 1. The average Bonchev–Trinajstić information content (AvgIpc) is 3.39. The van der Waals surface area contributed by atoms with Gasteiger partial charge in [-0.25, -0.2) is 14.6 Å². The molecule has 0 aliphatic rings. The molecule has 0 unspecified atom stereocenters. The van der Waals surface area contributed by atoms with Crippen molar-refractivity contribution in [1.82, 2.24) is 29.9 Å². The molecule has 0 aromatic carbocycles. The molecule has 0 atom stereocenters. The molecule has 0 bridgehead atoms. The molecule has 10 nitrogen and oxygen atoms in total. The number of alkyl halides is 3. The van der Waals surface area contributed by atoms with Crippen molar-refractivity contribution in [3.05, 3.63) is 42.0 Å². The van der Waals surface area contributed by atoms with Crippen LogP contribution in [0.1, 0.15) is 45.1 Å². The Balaban J connectivity index is 1.50. The van der Waals surface area contributed by atoms with Gasteiger partial charge >= 0.3 is 6.18 Å². The van der Waals surface area contributed by atoms with Gasteiger partial charge in [0.25, 0.3) is 0 Å². The first-order valence-corrected chi connectivity index (χ1v) is 10.7. The Hall–Kier alpha value is -4.03. The van der Waals surface area contributed by atoms with Gasteiger partial charge in [0.1, 0.15) is 23.3 Å². The summed E-state index contributed by atoms with van der Waals surface area (Å²) >= 11 is 0. The lowest BCUT2D eigenvalue weighted by atomic mass is 9.89. The Bertz CT molecular complexity index is 1370. The monoisotopic (exact) mass is 488 g/mol. The number of hydrogen-bond donors (Lipinski definition) is 2. The van der Waals surface area contributed by atoms with Gasteiger partial charge in [0.2, 0.25) is 5.91 Å². The van der Waals surface area contributed by atoms with E-state index in [4.69, 9.17) is 10.3 Å². The second-order valence-corrected chi connectivity index (χ2v) is 8.82. The maximum absolute atomic E-state index is 13.2. The molecule has 3 N–H and O–H groups in total. The van der Waals surface area contributed by atoms with E-state index in [-0.39, 0.29) is 24.1 Å². The summed E-state index contributed by atoms with van der Waals surface area (Å²) in [6.45, 7) is 5.87. The molecule has 1 amide bonds. The molecular formula is C22H23F3N8O2. The van der Waals surface area contributed by atoms with E-state index in [0.29, 0.717) is 28.0 Å². The first-order valence-electron chi connectivity index (χ1n) is 10.7. The van der Waals surface area contributed by atoms with Gasteiger partial charge in [0.05, 0.1) is 17.5 Å². The number of fused-ring (bicyclic) bond motifs is 1. The molecule has 4 aromatic heterocycles. The van der Waals surface area contributed by atoms with Gasteiger partial charge < -0.3 is 15.6 Å². The maximum atomic E-state index is 13.2. The van der Waals surface area contributed by atoms with Gasteiger partial charge in [-0.15, -0.1) is 0 Å². The highest BCUT2D eigenvalue weighted by Crippen LogP contribution is 2.41. The van der Waals surface area contributed by atoms with E-state index in [1.165, 1.54) is 12.5 Å². The van der Waals surface area contributed by atoms with Crippen LogP contribution in [-0.2, 0) is 16.6 Å². The second-order valence-electron chi connectivity index (χ2n) is 8.82. The van der Waals surface area contributed by atoms with Gasteiger partial charge in [-0.05, 0) is 39.3 Å². The zero-order valence-corrected chi connectivity index (χ0v) is 19.4. The third kappa shape index (κ3) is 4.53. The Morgan fingerprint density at radius 2 is 1.94 bits per heavy atom. The molecule has 0 spiro atoms. The molecule has 0 saturated heterocycles.